The molecule has 1 fully saturated rings. The maximum absolute atomic E-state index is 5.74. The minimum absolute atomic E-state index is 0.280. The summed E-state index contributed by atoms with van der Waals surface area (Å²) in [5.74, 6) is 1.61. The van der Waals surface area contributed by atoms with Crippen molar-refractivity contribution in [1.82, 2.24) is 25.2 Å². The molecule has 1 aliphatic rings. The Morgan fingerprint density at radius 1 is 1.20 bits per heavy atom. The molecule has 0 amide bonds. The predicted molar refractivity (Wildman–Crippen MR) is 80.5 cm³/mol. The first-order valence-electron chi connectivity index (χ1n) is 7.14. The van der Waals surface area contributed by atoms with E-state index in [1.165, 1.54) is 19.3 Å². The molecule has 1 unspecified atom stereocenters. The van der Waals surface area contributed by atoms with Gasteiger partial charge >= 0.3 is 0 Å². The molecule has 20 heavy (non-hydrogen) atoms. The SMILES string of the molecule is CN(Cc1nc(N)nc(N(C)C)n1)CC1CCCCN1. The third-order valence-electron chi connectivity index (χ3n) is 3.44. The largest absolute Gasteiger partial charge is 0.368 e. The molecule has 1 aliphatic heterocycles. The molecule has 3 N–H and O–H groups in total. The van der Waals surface area contributed by atoms with Crippen molar-refractivity contribution < 1.29 is 0 Å². The summed E-state index contributed by atoms with van der Waals surface area (Å²) in [6.07, 6.45) is 3.85. The second kappa shape index (κ2) is 6.81. The van der Waals surface area contributed by atoms with Crippen LogP contribution in [-0.2, 0) is 6.54 Å². The van der Waals surface area contributed by atoms with E-state index in [0.717, 1.165) is 18.9 Å². The van der Waals surface area contributed by atoms with Crippen LogP contribution in [0.5, 0.6) is 0 Å². The van der Waals surface area contributed by atoms with E-state index in [9.17, 15) is 0 Å². The molecule has 0 saturated carbocycles. The van der Waals surface area contributed by atoms with Gasteiger partial charge in [-0.15, -0.1) is 0 Å². The summed E-state index contributed by atoms with van der Waals surface area (Å²) in [4.78, 5) is 16.8. The molecule has 0 bridgehead atoms. The lowest BCUT2D eigenvalue weighted by atomic mass is 10.0. The molecule has 7 heteroatoms. The number of hydrogen-bond donors (Lipinski definition) is 2. The van der Waals surface area contributed by atoms with E-state index in [-0.39, 0.29) is 5.95 Å². The van der Waals surface area contributed by atoms with Gasteiger partial charge in [0.2, 0.25) is 11.9 Å². The van der Waals surface area contributed by atoms with Gasteiger partial charge in [0, 0.05) is 26.7 Å². The average molecular weight is 279 g/mol. The van der Waals surface area contributed by atoms with Crippen LogP contribution in [0.1, 0.15) is 25.1 Å². The first-order valence-corrected chi connectivity index (χ1v) is 7.14. The lowest BCUT2D eigenvalue weighted by molar-refractivity contribution is 0.252. The Hall–Kier alpha value is -1.47. The van der Waals surface area contributed by atoms with Crippen molar-refractivity contribution in [2.45, 2.75) is 31.8 Å². The number of hydrogen-bond acceptors (Lipinski definition) is 7. The zero-order chi connectivity index (χ0) is 14.5. The van der Waals surface area contributed by atoms with Crippen LogP contribution in [0.3, 0.4) is 0 Å². The van der Waals surface area contributed by atoms with Gasteiger partial charge in [0.15, 0.2) is 0 Å². The average Bonchev–Trinajstić information content (AvgIpc) is 2.38. The molecule has 0 aliphatic carbocycles. The second-order valence-electron chi connectivity index (χ2n) is 5.65. The highest BCUT2D eigenvalue weighted by molar-refractivity contribution is 5.32. The van der Waals surface area contributed by atoms with Crippen molar-refractivity contribution in [3.8, 4) is 0 Å². The lowest BCUT2D eigenvalue weighted by Crippen LogP contribution is -2.42. The summed E-state index contributed by atoms with van der Waals surface area (Å²) in [6, 6.07) is 0.571. The Balaban J connectivity index is 1.94. The Morgan fingerprint density at radius 2 is 2.00 bits per heavy atom. The van der Waals surface area contributed by atoms with E-state index in [1.54, 1.807) is 0 Å². The number of rotatable bonds is 5. The fourth-order valence-corrected chi connectivity index (χ4v) is 2.46. The lowest BCUT2D eigenvalue weighted by Gasteiger charge is -2.27. The number of nitrogens with one attached hydrogen (secondary N) is 1. The van der Waals surface area contributed by atoms with Crippen molar-refractivity contribution in [3.63, 3.8) is 0 Å². The van der Waals surface area contributed by atoms with Crippen LogP contribution in [0.15, 0.2) is 0 Å². The highest BCUT2D eigenvalue weighted by atomic mass is 15.3. The summed E-state index contributed by atoms with van der Waals surface area (Å²) in [6.45, 7) is 2.82. The number of anilines is 2. The van der Waals surface area contributed by atoms with Crippen molar-refractivity contribution in [2.24, 2.45) is 0 Å². The number of nitrogens with two attached hydrogens (primary N) is 1. The van der Waals surface area contributed by atoms with Gasteiger partial charge in [0.25, 0.3) is 0 Å². The first kappa shape index (κ1) is 14.9. The molecule has 1 saturated heterocycles. The van der Waals surface area contributed by atoms with E-state index in [2.05, 4.69) is 32.2 Å². The summed E-state index contributed by atoms with van der Waals surface area (Å²) in [7, 11) is 5.88. The Morgan fingerprint density at radius 3 is 2.65 bits per heavy atom. The first-order chi connectivity index (χ1) is 9.54. The third kappa shape index (κ3) is 4.28. The number of likely N-dealkylation sites (N-methyl/N-ethyl adjacent to an activating group) is 1. The zero-order valence-corrected chi connectivity index (χ0v) is 12.6. The standard InChI is InChI=1S/C13H25N7/c1-19(2)13-17-11(16-12(14)18-13)9-20(3)8-10-6-4-5-7-15-10/h10,15H,4-9H2,1-3H3,(H2,14,16,17,18). The number of piperidine rings is 1. The van der Waals surface area contributed by atoms with Crippen LogP contribution in [0, 0.1) is 0 Å². The smallest absolute Gasteiger partial charge is 0.229 e. The molecule has 1 atom stereocenters. The normalized spacial score (nSPS) is 19.3. The second-order valence-corrected chi connectivity index (χ2v) is 5.65. The summed E-state index contributed by atoms with van der Waals surface area (Å²) >= 11 is 0. The summed E-state index contributed by atoms with van der Waals surface area (Å²) < 4.78 is 0. The third-order valence-corrected chi connectivity index (χ3v) is 3.44. The molecular formula is C13H25N7. The van der Waals surface area contributed by atoms with Gasteiger partial charge in [-0.2, -0.15) is 15.0 Å². The van der Waals surface area contributed by atoms with Gasteiger partial charge in [-0.25, -0.2) is 0 Å². The van der Waals surface area contributed by atoms with E-state index < -0.39 is 0 Å². The molecule has 1 aromatic heterocycles. The van der Waals surface area contributed by atoms with E-state index in [1.807, 2.05) is 19.0 Å². The van der Waals surface area contributed by atoms with Gasteiger partial charge in [0.05, 0.1) is 6.54 Å². The van der Waals surface area contributed by atoms with Crippen molar-refractivity contribution in [1.29, 1.82) is 0 Å². The molecule has 0 radical (unpaired) electrons. The fraction of sp³-hybridized carbons (Fsp3) is 0.769. The monoisotopic (exact) mass is 279 g/mol. The van der Waals surface area contributed by atoms with Gasteiger partial charge in [0.1, 0.15) is 5.82 Å². The van der Waals surface area contributed by atoms with Gasteiger partial charge in [-0.1, -0.05) is 6.42 Å². The quantitative estimate of drug-likeness (QED) is 0.790. The van der Waals surface area contributed by atoms with Crippen LogP contribution in [0.2, 0.25) is 0 Å². The molecule has 2 rings (SSSR count). The molecule has 112 valence electrons. The van der Waals surface area contributed by atoms with Crippen LogP contribution < -0.4 is 16.0 Å². The molecule has 2 heterocycles. The molecular weight excluding hydrogens is 254 g/mol. The van der Waals surface area contributed by atoms with Gasteiger partial charge < -0.3 is 16.0 Å². The fourth-order valence-electron chi connectivity index (χ4n) is 2.46. The highest BCUT2D eigenvalue weighted by Crippen LogP contribution is 2.10. The number of nitrogens with zero attached hydrogens (tertiary/aromatic N) is 5. The zero-order valence-electron chi connectivity index (χ0n) is 12.6. The Labute approximate surface area is 120 Å². The van der Waals surface area contributed by atoms with Crippen molar-refractivity contribution in [3.05, 3.63) is 5.82 Å². The summed E-state index contributed by atoms with van der Waals surface area (Å²) in [5, 5.41) is 3.55. The molecule has 0 spiro atoms. The number of aromatic nitrogens is 3. The molecule has 0 aromatic carbocycles. The van der Waals surface area contributed by atoms with Gasteiger partial charge in [-0.05, 0) is 26.4 Å². The maximum Gasteiger partial charge on any atom is 0.229 e. The minimum atomic E-state index is 0.280. The van der Waals surface area contributed by atoms with E-state index in [0.29, 0.717) is 18.5 Å². The minimum Gasteiger partial charge on any atom is -0.368 e. The van der Waals surface area contributed by atoms with Crippen molar-refractivity contribution >= 4 is 11.9 Å². The van der Waals surface area contributed by atoms with Crippen LogP contribution >= 0.6 is 0 Å². The topological polar surface area (TPSA) is 83.2 Å². The van der Waals surface area contributed by atoms with Crippen LogP contribution in [0.4, 0.5) is 11.9 Å². The highest BCUT2D eigenvalue weighted by Gasteiger charge is 2.16. The van der Waals surface area contributed by atoms with E-state index >= 15 is 0 Å². The molecule has 1 aromatic rings. The number of nitrogen functional groups attached to an aromatic ring is 1. The van der Waals surface area contributed by atoms with Crippen molar-refractivity contribution in [2.75, 3.05) is 44.9 Å². The Kier molecular flexibility index (Phi) is 5.08. The molecule has 7 nitrogen and oxygen atoms in total. The predicted octanol–water partition coefficient (Wildman–Crippen LogP) is 0.0937. The van der Waals surface area contributed by atoms with Crippen LogP contribution in [0.25, 0.3) is 0 Å². The van der Waals surface area contributed by atoms with E-state index in [4.69, 9.17) is 5.73 Å². The van der Waals surface area contributed by atoms with Crippen LogP contribution in [-0.4, -0.2) is 60.1 Å². The van der Waals surface area contributed by atoms with Gasteiger partial charge in [-0.3, -0.25) is 4.90 Å². The Bertz CT molecular complexity index is 429. The maximum atomic E-state index is 5.74. The summed E-state index contributed by atoms with van der Waals surface area (Å²) in [5.41, 5.74) is 5.74.